The van der Waals surface area contributed by atoms with Crippen LogP contribution in [0, 0.1) is 0 Å². The number of carbonyl (C=O) groups excluding carboxylic acids is 1. The van der Waals surface area contributed by atoms with Gasteiger partial charge in [0.2, 0.25) is 28.0 Å². The number of hydrogen-bond donors (Lipinski definition) is 6. The van der Waals surface area contributed by atoms with Crippen LogP contribution in [0.3, 0.4) is 0 Å². The molecule has 0 aliphatic carbocycles. The summed E-state index contributed by atoms with van der Waals surface area (Å²) in [4.78, 5) is 26.3. The number of aliphatic hydroxyl groups is 3. The summed E-state index contributed by atoms with van der Waals surface area (Å²) in [6.45, 7) is -0.102. The first-order valence-electron chi connectivity index (χ1n) is 15.3. The van der Waals surface area contributed by atoms with Gasteiger partial charge in [-0.1, -0.05) is 55.0 Å². The van der Waals surface area contributed by atoms with E-state index in [-0.39, 0.29) is 81.5 Å². The minimum absolute atomic E-state index is 0. The second-order valence-corrected chi connectivity index (χ2v) is 13.3. The Labute approximate surface area is 327 Å². The van der Waals surface area contributed by atoms with E-state index in [9.17, 15) is 43.5 Å². The van der Waals surface area contributed by atoms with Crippen LogP contribution in [0.5, 0.6) is 5.75 Å². The summed E-state index contributed by atoms with van der Waals surface area (Å²) in [5, 5.41) is 56.0. The maximum absolute atomic E-state index is 13.1. The van der Waals surface area contributed by atoms with Gasteiger partial charge in [0.05, 0.1) is 4.90 Å². The van der Waals surface area contributed by atoms with Crippen molar-refractivity contribution in [3.8, 4) is 5.75 Å². The number of rotatable bonds is 15. The average Bonchev–Trinajstić information content (AvgIpc) is 3.05. The summed E-state index contributed by atoms with van der Waals surface area (Å²) in [6, 6.07) is 15.8. The molecule has 5 atom stereocenters. The van der Waals surface area contributed by atoms with Crippen LogP contribution in [0.2, 0.25) is 0 Å². The molecule has 49 heavy (non-hydrogen) atoms. The number of benzene rings is 3. The van der Waals surface area contributed by atoms with E-state index in [0.29, 0.717) is 30.2 Å². The van der Waals surface area contributed by atoms with Gasteiger partial charge in [0, 0.05) is 50.1 Å². The third-order valence-electron chi connectivity index (χ3n) is 7.80. The second kappa shape index (κ2) is 18.6. The van der Waals surface area contributed by atoms with E-state index >= 15 is 0 Å². The summed E-state index contributed by atoms with van der Waals surface area (Å²) >= 11 is 0. The predicted octanol–water partition coefficient (Wildman–Crippen LogP) is -2.11. The average molecular weight is 726 g/mol. The summed E-state index contributed by atoms with van der Waals surface area (Å²) in [6.07, 6.45) is -5.49. The molecular weight excluding hydrogens is 686 g/mol. The van der Waals surface area contributed by atoms with Crippen LogP contribution in [-0.4, -0.2) is 98.6 Å². The molecule has 3 aromatic rings. The molecule has 260 valence electrons. The zero-order valence-electron chi connectivity index (χ0n) is 27.5. The fraction of sp³-hybridized carbons (Fsp3) is 0.394. The van der Waals surface area contributed by atoms with Crippen molar-refractivity contribution in [3.05, 3.63) is 72.0 Å². The smallest absolute Gasteiger partial charge is 0.872 e. The van der Waals surface area contributed by atoms with Crippen LogP contribution in [0.1, 0.15) is 31.2 Å². The van der Waals surface area contributed by atoms with Crippen molar-refractivity contribution in [2.45, 2.75) is 61.3 Å². The fourth-order valence-corrected chi connectivity index (χ4v) is 6.53. The summed E-state index contributed by atoms with van der Waals surface area (Å²) in [7, 11) is -0.00483. The van der Waals surface area contributed by atoms with Crippen molar-refractivity contribution < 1.29 is 104 Å². The molecular formula is C33H40KN3O11S. The number of aliphatic carboxylic acids is 1. The van der Waals surface area contributed by atoms with Crippen LogP contribution in [0.25, 0.3) is 16.8 Å². The van der Waals surface area contributed by atoms with Gasteiger partial charge in [-0.05, 0) is 36.6 Å². The van der Waals surface area contributed by atoms with Crippen LogP contribution >= 0.6 is 0 Å². The second-order valence-electron chi connectivity index (χ2n) is 11.6. The molecule has 1 saturated heterocycles. The van der Waals surface area contributed by atoms with Crippen LogP contribution < -0.4 is 71.4 Å². The number of ether oxygens (including phenoxy) is 2. The maximum atomic E-state index is 13.1. The molecule has 1 heterocycles. The molecule has 14 nitrogen and oxygen atoms in total. The molecule has 1 aliphatic rings. The van der Waals surface area contributed by atoms with Gasteiger partial charge in [0.1, 0.15) is 24.4 Å². The molecule has 0 unspecified atom stereocenters. The first kappa shape index (κ1) is 40.8. The van der Waals surface area contributed by atoms with Gasteiger partial charge >= 0.3 is 57.4 Å². The SMILES string of the molecule is CN(C)c1cccc2c(S(=O)(=O)NCCCCCC(=O)NC[C@H]3O[C@@H](O/C(=C\c4ccc([O-])cc4)C(=O)O)[C@H](O)[C@@H](O)[C@H]3O)cccc12.[K+]. The normalized spacial score (nSPS) is 21.1. The van der Waals surface area contributed by atoms with Crippen molar-refractivity contribution in [1.82, 2.24) is 10.0 Å². The number of carbonyl (C=O) groups is 2. The van der Waals surface area contributed by atoms with E-state index in [2.05, 4.69) is 10.0 Å². The van der Waals surface area contributed by atoms with E-state index in [1.54, 1.807) is 18.2 Å². The molecule has 0 saturated carbocycles. The van der Waals surface area contributed by atoms with E-state index < -0.39 is 58.4 Å². The number of carboxylic acids is 1. The number of unbranched alkanes of at least 4 members (excludes halogenated alkanes) is 2. The first-order chi connectivity index (χ1) is 22.8. The Balaban J connectivity index is 0.00000650. The Bertz CT molecular complexity index is 1720. The van der Waals surface area contributed by atoms with Gasteiger partial charge in [-0.15, -0.1) is 5.75 Å². The zero-order chi connectivity index (χ0) is 35.0. The van der Waals surface area contributed by atoms with Gasteiger partial charge in [-0.3, -0.25) is 4.79 Å². The van der Waals surface area contributed by atoms with Gasteiger partial charge in [0.25, 0.3) is 0 Å². The monoisotopic (exact) mass is 725 g/mol. The Morgan fingerprint density at radius 1 is 0.939 bits per heavy atom. The van der Waals surface area contributed by atoms with Gasteiger partial charge in [-0.2, -0.15) is 0 Å². The van der Waals surface area contributed by atoms with Crippen molar-refractivity contribution in [3.63, 3.8) is 0 Å². The number of amides is 1. The quantitative estimate of drug-likeness (QED) is 0.0430. The van der Waals surface area contributed by atoms with Crippen LogP contribution in [-0.2, 0) is 29.1 Å². The van der Waals surface area contributed by atoms with E-state index in [1.165, 1.54) is 24.3 Å². The van der Waals surface area contributed by atoms with E-state index in [0.717, 1.165) is 17.1 Å². The van der Waals surface area contributed by atoms with E-state index in [1.807, 2.05) is 37.2 Å². The minimum Gasteiger partial charge on any atom is -0.872 e. The van der Waals surface area contributed by atoms with E-state index in [4.69, 9.17) is 9.47 Å². The third-order valence-corrected chi connectivity index (χ3v) is 9.32. The molecule has 0 radical (unpaired) electrons. The zero-order valence-corrected chi connectivity index (χ0v) is 31.4. The standard InChI is InChI=1S/C33H41N3O11S.K/c1-36(2)24-10-6-9-23-22(24)8-7-11-27(23)48(44,45)35-17-5-3-4-12-28(38)34-19-26-29(39)30(40)31(41)33(47-26)46-25(32(42)43)18-20-13-15-21(37)16-14-20;/h6-11,13-16,18,26,29-31,33,35,37,39-41H,3-5,12,17,19H2,1-2H3,(H,34,38)(H,42,43);/q;+1/p-1/b25-18-;/t26-,29+,30+,31-,33-;/m1./s1. The molecule has 4 rings (SSSR count). The first-order valence-corrected chi connectivity index (χ1v) is 16.8. The topological polar surface area (TPSA) is 218 Å². The number of fused-ring (bicyclic) bond motifs is 1. The molecule has 1 fully saturated rings. The molecule has 1 aliphatic heterocycles. The van der Waals surface area contributed by atoms with Crippen molar-refractivity contribution in [1.29, 1.82) is 0 Å². The number of hydrogen-bond acceptors (Lipinski definition) is 11. The Kier molecular flexibility index (Phi) is 15.5. The van der Waals surface area contributed by atoms with Gasteiger partial charge in [-0.25, -0.2) is 17.9 Å². The summed E-state index contributed by atoms with van der Waals surface area (Å²) in [5.74, 6) is -2.84. The van der Waals surface area contributed by atoms with Crippen LogP contribution in [0.15, 0.2) is 71.3 Å². The maximum Gasteiger partial charge on any atom is 1.00 e. The number of aliphatic hydroxyl groups excluding tert-OH is 3. The summed E-state index contributed by atoms with van der Waals surface area (Å²) < 4.78 is 39.6. The van der Waals surface area contributed by atoms with Crippen molar-refractivity contribution in [2.75, 3.05) is 32.1 Å². The third kappa shape index (κ3) is 10.9. The van der Waals surface area contributed by atoms with Gasteiger partial charge < -0.3 is 45.2 Å². The van der Waals surface area contributed by atoms with Crippen molar-refractivity contribution in [2.24, 2.45) is 0 Å². The predicted molar refractivity (Wildman–Crippen MR) is 174 cm³/mol. The Morgan fingerprint density at radius 2 is 1.61 bits per heavy atom. The minimum atomic E-state index is -3.78. The van der Waals surface area contributed by atoms with Crippen LogP contribution in [0.4, 0.5) is 5.69 Å². The van der Waals surface area contributed by atoms with Crippen molar-refractivity contribution >= 4 is 44.4 Å². The number of anilines is 1. The van der Waals surface area contributed by atoms with Gasteiger partial charge in [0.15, 0.2) is 0 Å². The number of nitrogens with one attached hydrogen (secondary N) is 2. The largest absolute Gasteiger partial charge is 1.00 e. The number of sulfonamides is 1. The molecule has 0 aromatic heterocycles. The number of nitrogens with zero attached hydrogens (tertiary/aromatic N) is 1. The molecule has 6 N–H and O–H groups in total. The molecule has 0 bridgehead atoms. The summed E-state index contributed by atoms with van der Waals surface area (Å²) in [5.41, 5.74) is 1.22. The molecule has 16 heteroatoms. The molecule has 1 amide bonds. The number of carboxylic acid groups (broad SMARTS) is 1. The molecule has 3 aromatic carbocycles. The Hall–Kier alpha value is -2.61. The molecule has 0 spiro atoms. The fourth-order valence-electron chi connectivity index (χ4n) is 5.23. The Morgan fingerprint density at radius 3 is 2.29 bits per heavy atom.